The lowest BCUT2D eigenvalue weighted by Gasteiger charge is -2.46. The van der Waals surface area contributed by atoms with Crippen LogP contribution in [0.3, 0.4) is 0 Å². The number of thiophene rings is 1. The number of halogens is 1. The molecule has 30 heavy (non-hydrogen) atoms. The Morgan fingerprint density at radius 2 is 1.83 bits per heavy atom. The molecule has 2 aliphatic rings. The Morgan fingerprint density at radius 1 is 1.20 bits per heavy atom. The van der Waals surface area contributed by atoms with Crippen LogP contribution in [0.5, 0.6) is 0 Å². The van der Waals surface area contributed by atoms with Crippen molar-refractivity contribution in [2.24, 2.45) is 4.99 Å². The molecule has 1 amide bonds. The van der Waals surface area contributed by atoms with Gasteiger partial charge in [0.05, 0.1) is 18.8 Å². The number of carbonyl (C=O) groups is 2. The number of fused-ring (bicyclic) bond motifs is 1. The molecular weight excluding hydrogens is 420 g/mol. The summed E-state index contributed by atoms with van der Waals surface area (Å²) in [4.78, 5) is 34.5. The van der Waals surface area contributed by atoms with Crippen LogP contribution in [-0.4, -0.2) is 46.7 Å². The number of aryl methyl sites for hydroxylation is 1. The molecule has 0 radical (unpaired) electrons. The van der Waals surface area contributed by atoms with Gasteiger partial charge in [-0.05, 0) is 52.3 Å². The number of Topliss-reactive ketones (excluding diaryl/α,β-unsaturated/α-hetero) is 1. The Hall–Kier alpha value is -2.18. The fourth-order valence-electron chi connectivity index (χ4n) is 3.88. The van der Waals surface area contributed by atoms with Gasteiger partial charge in [0.2, 0.25) is 0 Å². The lowest BCUT2D eigenvalue weighted by Crippen LogP contribution is -2.67. The summed E-state index contributed by atoms with van der Waals surface area (Å²) in [6.45, 7) is 10.1. The van der Waals surface area contributed by atoms with Crippen LogP contribution >= 0.6 is 22.9 Å². The molecule has 0 saturated carbocycles. The number of hydrogen-bond acceptors (Lipinski definition) is 5. The first-order valence-corrected chi connectivity index (χ1v) is 11.1. The maximum absolute atomic E-state index is 13.3. The Balaban J connectivity index is 1.75. The number of aliphatic imine (C=N–C) groups is 1. The van der Waals surface area contributed by atoms with Gasteiger partial charge in [0.1, 0.15) is 5.60 Å². The Kier molecular flexibility index (Phi) is 5.06. The molecule has 0 N–H and O–H groups in total. The molecule has 7 heteroatoms. The minimum absolute atomic E-state index is 0.0498. The summed E-state index contributed by atoms with van der Waals surface area (Å²) in [6, 6.07) is 7.54. The summed E-state index contributed by atoms with van der Waals surface area (Å²) in [5.41, 5.74) is 2.41. The molecule has 0 atom stereocenters. The van der Waals surface area contributed by atoms with Crippen LogP contribution in [0.2, 0.25) is 5.02 Å². The van der Waals surface area contributed by atoms with Crippen molar-refractivity contribution in [1.82, 2.24) is 4.90 Å². The van der Waals surface area contributed by atoms with Gasteiger partial charge >= 0.3 is 6.09 Å². The zero-order valence-electron chi connectivity index (χ0n) is 17.8. The first kappa shape index (κ1) is 21.1. The Labute approximate surface area is 185 Å². The Morgan fingerprint density at radius 3 is 2.43 bits per heavy atom. The zero-order chi connectivity index (χ0) is 21.8. The maximum Gasteiger partial charge on any atom is 0.410 e. The van der Waals surface area contributed by atoms with Crippen molar-refractivity contribution in [3.8, 4) is 0 Å². The highest BCUT2D eigenvalue weighted by Crippen LogP contribution is 2.39. The standard InChI is InChI=1S/C23H25ClN2O3S/c1-13-14(2)30-17-10-18(27)23(11-26(12-23)21(28)29-22(3,4)5)25-20(19(13)17)15-6-8-16(24)9-7-15/h6-9H,10-12H2,1-5H3. The van der Waals surface area contributed by atoms with Crippen LogP contribution in [0.1, 0.15) is 47.2 Å². The van der Waals surface area contributed by atoms with E-state index in [1.165, 1.54) is 4.88 Å². The van der Waals surface area contributed by atoms with Crippen LogP contribution in [-0.2, 0) is 16.0 Å². The summed E-state index contributed by atoms with van der Waals surface area (Å²) in [5.74, 6) is 0.0498. The van der Waals surface area contributed by atoms with Gasteiger partial charge in [0, 0.05) is 32.3 Å². The Bertz CT molecular complexity index is 1060. The van der Waals surface area contributed by atoms with Crippen molar-refractivity contribution in [3.63, 3.8) is 0 Å². The number of rotatable bonds is 1. The number of ketones is 1. The molecule has 1 saturated heterocycles. The van der Waals surface area contributed by atoms with Gasteiger partial charge < -0.3 is 9.64 Å². The summed E-state index contributed by atoms with van der Waals surface area (Å²) in [6.07, 6.45) is -0.0764. The smallest absolute Gasteiger partial charge is 0.410 e. The van der Waals surface area contributed by atoms with Crippen molar-refractivity contribution in [1.29, 1.82) is 0 Å². The van der Waals surface area contributed by atoms with Crippen molar-refractivity contribution in [3.05, 3.63) is 55.7 Å². The molecule has 4 rings (SSSR count). The van der Waals surface area contributed by atoms with Crippen molar-refractivity contribution < 1.29 is 14.3 Å². The van der Waals surface area contributed by atoms with E-state index >= 15 is 0 Å². The number of benzene rings is 1. The molecule has 1 aromatic heterocycles. The molecule has 5 nitrogen and oxygen atoms in total. The third-order valence-electron chi connectivity index (χ3n) is 5.54. The molecule has 158 valence electrons. The van der Waals surface area contributed by atoms with E-state index in [1.54, 1.807) is 16.2 Å². The van der Waals surface area contributed by atoms with E-state index in [9.17, 15) is 9.59 Å². The number of amides is 1. The second-order valence-electron chi connectivity index (χ2n) is 9.02. The number of nitrogens with zero attached hydrogens (tertiary/aromatic N) is 2. The van der Waals surface area contributed by atoms with Gasteiger partial charge in [-0.25, -0.2) is 4.79 Å². The molecular formula is C23H25ClN2O3S. The van der Waals surface area contributed by atoms with Gasteiger partial charge in [-0.15, -0.1) is 11.3 Å². The molecule has 2 aliphatic heterocycles. The van der Waals surface area contributed by atoms with Crippen LogP contribution in [0.4, 0.5) is 4.79 Å². The second-order valence-corrected chi connectivity index (χ2v) is 10.8. The quantitative estimate of drug-likeness (QED) is 0.623. The lowest BCUT2D eigenvalue weighted by molar-refractivity contribution is -0.128. The largest absolute Gasteiger partial charge is 0.444 e. The molecule has 1 aromatic carbocycles. The maximum atomic E-state index is 13.3. The van der Waals surface area contributed by atoms with Gasteiger partial charge in [-0.2, -0.15) is 0 Å². The van der Waals surface area contributed by atoms with Crippen molar-refractivity contribution in [2.45, 2.75) is 52.2 Å². The molecule has 1 fully saturated rings. The molecule has 2 aromatic rings. The minimum atomic E-state index is -0.926. The van der Waals surface area contributed by atoms with Gasteiger partial charge in [0.25, 0.3) is 0 Å². The summed E-state index contributed by atoms with van der Waals surface area (Å²) >= 11 is 7.75. The van der Waals surface area contributed by atoms with E-state index in [4.69, 9.17) is 21.3 Å². The predicted molar refractivity (Wildman–Crippen MR) is 120 cm³/mol. The van der Waals surface area contributed by atoms with Crippen LogP contribution in [0.15, 0.2) is 29.3 Å². The van der Waals surface area contributed by atoms with Crippen molar-refractivity contribution in [2.75, 3.05) is 13.1 Å². The topological polar surface area (TPSA) is 59.0 Å². The van der Waals surface area contributed by atoms with Gasteiger partial charge in [0.15, 0.2) is 11.3 Å². The fraction of sp³-hybridized carbons (Fsp3) is 0.435. The van der Waals surface area contributed by atoms with E-state index in [0.29, 0.717) is 11.4 Å². The summed E-state index contributed by atoms with van der Waals surface area (Å²) < 4.78 is 5.46. The van der Waals surface area contributed by atoms with Gasteiger partial charge in [-0.3, -0.25) is 9.79 Å². The van der Waals surface area contributed by atoms with Crippen molar-refractivity contribution >= 4 is 40.5 Å². The first-order chi connectivity index (χ1) is 14.0. The van der Waals surface area contributed by atoms with E-state index in [1.807, 2.05) is 45.0 Å². The zero-order valence-corrected chi connectivity index (χ0v) is 19.4. The molecule has 0 unspecified atom stereocenters. The average Bonchev–Trinajstić information content (AvgIpc) is 2.80. The SMILES string of the molecule is Cc1sc2c(c1C)C(c1ccc(Cl)cc1)=NC1(CN(C(=O)OC(C)(C)C)C1)C(=O)C2. The fourth-order valence-corrected chi connectivity index (χ4v) is 5.18. The number of hydrogen-bond donors (Lipinski definition) is 0. The predicted octanol–water partition coefficient (Wildman–Crippen LogP) is 4.97. The monoisotopic (exact) mass is 444 g/mol. The van der Waals surface area contributed by atoms with E-state index in [2.05, 4.69) is 13.8 Å². The molecule has 1 spiro atoms. The van der Waals surface area contributed by atoms with E-state index in [-0.39, 0.29) is 18.9 Å². The van der Waals surface area contributed by atoms with Crippen LogP contribution < -0.4 is 0 Å². The van der Waals surface area contributed by atoms with E-state index in [0.717, 1.165) is 27.3 Å². The molecule has 0 bridgehead atoms. The summed E-state index contributed by atoms with van der Waals surface area (Å²) in [5, 5.41) is 0.650. The first-order valence-electron chi connectivity index (χ1n) is 9.95. The highest BCUT2D eigenvalue weighted by Gasteiger charge is 2.53. The number of carbonyl (C=O) groups excluding carboxylic acids is 2. The lowest BCUT2D eigenvalue weighted by atomic mass is 9.85. The van der Waals surface area contributed by atoms with Crippen LogP contribution in [0, 0.1) is 13.8 Å². The molecule has 3 heterocycles. The van der Waals surface area contributed by atoms with E-state index < -0.39 is 17.2 Å². The third-order valence-corrected chi connectivity index (χ3v) is 6.99. The van der Waals surface area contributed by atoms with Gasteiger partial charge in [-0.1, -0.05) is 23.7 Å². The number of likely N-dealkylation sites (tertiary alicyclic amines) is 1. The number of ether oxygens (including phenoxy) is 1. The molecule has 0 aliphatic carbocycles. The normalized spacial score (nSPS) is 17.9. The van der Waals surface area contributed by atoms with Crippen LogP contribution in [0.25, 0.3) is 0 Å². The highest BCUT2D eigenvalue weighted by molar-refractivity contribution is 7.12. The highest BCUT2D eigenvalue weighted by atomic mass is 35.5. The third kappa shape index (κ3) is 3.67. The minimum Gasteiger partial charge on any atom is -0.444 e. The second kappa shape index (κ2) is 7.20. The average molecular weight is 445 g/mol. The summed E-state index contributed by atoms with van der Waals surface area (Å²) in [7, 11) is 0.